The Balaban J connectivity index is 1.38. The van der Waals surface area contributed by atoms with Crippen molar-refractivity contribution < 1.29 is 29.1 Å². The molecule has 0 bridgehead atoms. The van der Waals surface area contributed by atoms with Crippen LogP contribution in [0.3, 0.4) is 0 Å². The Morgan fingerprint density at radius 3 is 2.66 bits per heavy atom. The lowest BCUT2D eigenvalue weighted by molar-refractivity contribution is -0.150. The molecule has 12 nitrogen and oxygen atoms in total. The van der Waals surface area contributed by atoms with Crippen molar-refractivity contribution in [2.45, 2.75) is 36.0 Å². The van der Waals surface area contributed by atoms with Crippen molar-refractivity contribution in [3.63, 3.8) is 0 Å². The Kier molecular flexibility index (Phi) is 8.69. The molecule has 1 unspecified atom stereocenters. The molecule has 3 heterocycles. The number of fused-ring (bicyclic) bond motifs is 1. The van der Waals surface area contributed by atoms with E-state index in [1.54, 1.807) is 24.3 Å². The van der Waals surface area contributed by atoms with Crippen LogP contribution in [0.15, 0.2) is 39.9 Å². The lowest BCUT2D eigenvalue weighted by Gasteiger charge is -2.49. The van der Waals surface area contributed by atoms with Gasteiger partial charge in [-0.25, -0.2) is 9.59 Å². The van der Waals surface area contributed by atoms with Gasteiger partial charge in [0.15, 0.2) is 4.34 Å². The fraction of sp³-hybridized carbons (Fsp3) is 0.348. The number of aromatic nitrogens is 2. The number of thioether (sulfide) groups is 2. The van der Waals surface area contributed by atoms with E-state index in [1.807, 2.05) is 6.92 Å². The molecule has 1 aromatic heterocycles. The Morgan fingerprint density at radius 1 is 1.21 bits per heavy atom. The van der Waals surface area contributed by atoms with Crippen LogP contribution >= 0.6 is 34.9 Å². The molecule has 4 N–H and O–H groups in total. The number of carbonyl (C=O) groups excluding carboxylic acids is 4. The van der Waals surface area contributed by atoms with Crippen molar-refractivity contribution in [1.29, 1.82) is 0 Å². The minimum Gasteiger partial charge on any atom is -0.477 e. The summed E-state index contributed by atoms with van der Waals surface area (Å²) in [5.41, 5.74) is 1.46. The summed E-state index contributed by atoms with van der Waals surface area (Å²) in [6.45, 7) is 3.06. The number of nitrogens with zero attached hydrogens (tertiary/aromatic N) is 3. The monoisotopic (exact) mass is 576 g/mol. The number of carboxylic acids is 1. The smallest absolute Gasteiger partial charge is 0.352 e. The van der Waals surface area contributed by atoms with Gasteiger partial charge in [0.05, 0.1) is 13.0 Å². The number of para-hydroxylation sites is 1. The molecule has 0 saturated carbocycles. The van der Waals surface area contributed by atoms with Gasteiger partial charge in [0.1, 0.15) is 27.9 Å². The van der Waals surface area contributed by atoms with E-state index in [2.05, 4.69) is 26.1 Å². The number of hydrogen-bond acceptors (Lipinski definition) is 10. The topological polar surface area (TPSA) is 171 Å². The second-order valence-electron chi connectivity index (χ2n) is 8.43. The maximum atomic E-state index is 12.9. The van der Waals surface area contributed by atoms with Crippen LogP contribution in [0.1, 0.15) is 17.5 Å². The molecule has 2 aromatic rings. The number of aliphatic carboxylic acids is 1. The predicted molar refractivity (Wildman–Crippen MR) is 143 cm³/mol. The molecule has 38 heavy (non-hydrogen) atoms. The zero-order valence-corrected chi connectivity index (χ0v) is 22.8. The van der Waals surface area contributed by atoms with Gasteiger partial charge >= 0.3 is 12.0 Å². The molecule has 2 atom stereocenters. The van der Waals surface area contributed by atoms with E-state index in [0.717, 1.165) is 9.35 Å². The second kappa shape index (κ2) is 12.0. The van der Waals surface area contributed by atoms with Crippen LogP contribution in [0.4, 0.5) is 10.5 Å². The first-order chi connectivity index (χ1) is 18.1. The summed E-state index contributed by atoms with van der Waals surface area (Å²) >= 11 is 4.18. The van der Waals surface area contributed by atoms with Crippen LogP contribution in [-0.4, -0.2) is 79.3 Å². The van der Waals surface area contributed by atoms with Gasteiger partial charge in [-0.3, -0.25) is 19.3 Å². The first-order valence-corrected chi connectivity index (χ1v) is 14.2. The van der Waals surface area contributed by atoms with Gasteiger partial charge in [0.2, 0.25) is 5.91 Å². The number of rotatable bonds is 10. The van der Waals surface area contributed by atoms with Gasteiger partial charge in [0.25, 0.3) is 5.91 Å². The van der Waals surface area contributed by atoms with Gasteiger partial charge < -0.3 is 21.1 Å². The van der Waals surface area contributed by atoms with E-state index in [0.29, 0.717) is 28.3 Å². The molecular weight excluding hydrogens is 552 g/mol. The third kappa shape index (κ3) is 6.34. The van der Waals surface area contributed by atoms with Crippen LogP contribution in [0.25, 0.3) is 0 Å². The number of hydrogen-bond donors (Lipinski definition) is 4. The zero-order valence-electron chi connectivity index (χ0n) is 20.3. The first-order valence-electron chi connectivity index (χ1n) is 11.4. The number of urea groups is 1. The molecule has 0 aliphatic carbocycles. The van der Waals surface area contributed by atoms with Gasteiger partial charge in [-0.15, -0.1) is 22.0 Å². The summed E-state index contributed by atoms with van der Waals surface area (Å²) in [4.78, 5) is 62.2. The highest BCUT2D eigenvalue weighted by Crippen LogP contribution is 2.41. The van der Waals surface area contributed by atoms with Crippen molar-refractivity contribution in [2.24, 2.45) is 0 Å². The van der Waals surface area contributed by atoms with Crippen LogP contribution < -0.4 is 16.0 Å². The van der Waals surface area contributed by atoms with E-state index < -0.39 is 35.2 Å². The Hall–Kier alpha value is -3.43. The SMILES string of the molecule is CC(=O)CNC(=O)Nc1ccccc1CC(=O)NC1C(=O)N2C(C(=O)O)=C(CSc3nnc(C)s3)CS[C@H]12. The largest absolute Gasteiger partial charge is 0.477 e. The van der Waals surface area contributed by atoms with E-state index >= 15 is 0 Å². The first kappa shape index (κ1) is 27.6. The molecule has 4 amide bonds. The van der Waals surface area contributed by atoms with Crippen molar-refractivity contribution >= 4 is 70.1 Å². The number of aryl methyl sites for hydroxylation is 1. The maximum Gasteiger partial charge on any atom is 0.352 e. The normalized spacial score (nSPS) is 18.4. The van der Waals surface area contributed by atoms with Gasteiger partial charge in [-0.1, -0.05) is 41.3 Å². The van der Waals surface area contributed by atoms with Crippen LogP contribution in [0.2, 0.25) is 0 Å². The summed E-state index contributed by atoms with van der Waals surface area (Å²) in [7, 11) is 0. The summed E-state index contributed by atoms with van der Waals surface area (Å²) in [6.07, 6.45) is -0.116. The number of nitrogens with one attached hydrogen (secondary N) is 3. The predicted octanol–water partition coefficient (Wildman–Crippen LogP) is 1.63. The van der Waals surface area contributed by atoms with E-state index in [-0.39, 0.29) is 24.4 Å². The average Bonchev–Trinajstić information content (AvgIpc) is 3.30. The molecule has 2 aliphatic heterocycles. The molecule has 1 aromatic carbocycles. The summed E-state index contributed by atoms with van der Waals surface area (Å²) in [5, 5.41) is 25.9. The number of carbonyl (C=O) groups is 5. The fourth-order valence-corrected chi connectivity index (χ4v) is 7.15. The second-order valence-corrected chi connectivity index (χ2v) is 11.9. The standard InChI is InChI=1S/C23H24N6O6S3/c1-11(30)8-24-22(35)25-15-6-4-3-5-13(15)7-16(31)26-17-19(32)29-18(21(33)34)14(9-36-20(17)29)10-37-23-28-27-12(2)38-23/h3-6,17,20H,7-10H2,1-2H3,(H,26,31)(H,33,34)(H2,24,25,35)/t17?,20-/m1/s1. The van der Waals surface area contributed by atoms with Gasteiger partial charge in [0, 0.05) is 17.2 Å². The minimum absolute atomic E-state index is 0.0518. The molecule has 1 fully saturated rings. The average molecular weight is 577 g/mol. The lowest BCUT2D eigenvalue weighted by Crippen LogP contribution is -2.70. The summed E-state index contributed by atoms with van der Waals surface area (Å²) < 4.78 is 0.720. The zero-order chi connectivity index (χ0) is 27.4. The highest BCUT2D eigenvalue weighted by Gasteiger charge is 2.54. The molecule has 1 saturated heterocycles. The Bertz CT molecular complexity index is 1330. The highest BCUT2D eigenvalue weighted by molar-refractivity contribution is 8.01. The Morgan fingerprint density at radius 2 is 1.97 bits per heavy atom. The number of Topliss-reactive ketones (excluding diaryl/α,β-unsaturated/α-hetero) is 1. The summed E-state index contributed by atoms with van der Waals surface area (Å²) in [6, 6.07) is 5.24. The van der Waals surface area contributed by atoms with Crippen molar-refractivity contribution in [2.75, 3.05) is 23.4 Å². The molecule has 0 radical (unpaired) electrons. The van der Waals surface area contributed by atoms with Crippen molar-refractivity contribution in [1.82, 2.24) is 25.7 Å². The van der Waals surface area contributed by atoms with Crippen LogP contribution in [0.5, 0.6) is 0 Å². The molecule has 15 heteroatoms. The summed E-state index contributed by atoms with van der Waals surface area (Å²) in [5.74, 6) is -1.57. The number of carboxylic acid groups (broad SMARTS) is 1. The third-order valence-corrected chi connectivity index (χ3v) is 8.96. The molecule has 2 aliphatic rings. The number of amides is 4. The number of ketones is 1. The lowest BCUT2D eigenvalue weighted by atomic mass is 10.0. The number of benzene rings is 1. The van der Waals surface area contributed by atoms with Gasteiger partial charge in [-0.05, 0) is 31.1 Å². The van der Waals surface area contributed by atoms with Crippen LogP contribution in [0, 0.1) is 6.92 Å². The molecule has 0 spiro atoms. The van der Waals surface area contributed by atoms with Gasteiger partial charge in [-0.2, -0.15) is 0 Å². The van der Waals surface area contributed by atoms with E-state index in [1.165, 1.54) is 46.7 Å². The van der Waals surface area contributed by atoms with E-state index in [9.17, 15) is 29.1 Å². The maximum absolute atomic E-state index is 12.9. The highest BCUT2D eigenvalue weighted by atomic mass is 32.2. The van der Waals surface area contributed by atoms with Crippen molar-refractivity contribution in [3.8, 4) is 0 Å². The Labute approximate surface area is 230 Å². The molecule has 4 rings (SSSR count). The number of β-lactam (4-membered cyclic amide) rings is 1. The molecule has 200 valence electrons. The fourth-order valence-electron chi connectivity index (χ4n) is 3.85. The third-order valence-electron chi connectivity index (χ3n) is 5.56. The quantitative estimate of drug-likeness (QED) is 0.241. The minimum atomic E-state index is -1.19. The van der Waals surface area contributed by atoms with E-state index in [4.69, 9.17) is 0 Å². The molecular formula is C23H24N6O6S3. The number of anilines is 1. The van der Waals surface area contributed by atoms with Crippen molar-refractivity contribution in [3.05, 3.63) is 46.1 Å². The van der Waals surface area contributed by atoms with Crippen LogP contribution in [-0.2, 0) is 25.6 Å².